The predicted molar refractivity (Wildman–Crippen MR) is 126 cm³/mol. The highest BCUT2D eigenvalue weighted by atomic mass is 79.9. The van der Waals surface area contributed by atoms with E-state index in [1.165, 1.54) is 6.92 Å². The minimum Gasteiger partial charge on any atom is -0.344 e. The van der Waals surface area contributed by atoms with Crippen molar-refractivity contribution in [1.29, 1.82) is 5.26 Å². The molecule has 1 aliphatic carbocycles. The van der Waals surface area contributed by atoms with Crippen molar-refractivity contribution in [2.45, 2.75) is 66.6 Å². The van der Waals surface area contributed by atoms with Gasteiger partial charge in [-0.25, -0.2) is 0 Å². The zero-order valence-corrected chi connectivity index (χ0v) is 21.8. The third kappa shape index (κ3) is 4.63. The monoisotopic (exact) mass is 517 g/mol. The number of amides is 3. The van der Waals surface area contributed by atoms with Crippen molar-refractivity contribution in [3.63, 3.8) is 0 Å². The minimum absolute atomic E-state index is 0.000436. The van der Waals surface area contributed by atoms with E-state index in [9.17, 15) is 19.6 Å². The first-order chi connectivity index (χ1) is 15.2. The molecular formula is C24H32BrN5O3. The largest absolute Gasteiger partial charge is 0.344 e. The molecule has 3 amide bonds. The topological polar surface area (TPSA) is 115 Å². The van der Waals surface area contributed by atoms with E-state index < -0.39 is 23.5 Å². The number of pyridine rings is 1. The molecule has 0 radical (unpaired) electrons. The molecule has 8 nitrogen and oxygen atoms in total. The Morgan fingerprint density at radius 2 is 1.91 bits per heavy atom. The Morgan fingerprint density at radius 1 is 1.27 bits per heavy atom. The molecule has 2 fully saturated rings. The van der Waals surface area contributed by atoms with Crippen LogP contribution in [0.5, 0.6) is 0 Å². The second-order valence-electron chi connectivity index (χ2n) is 10.8. The highest BCUT2D eigenvalue weighted by Gasteiger charge is 2.69. The van der Waals surface area contributed by atoms with Crippen molar-refractivity contribution in [3.05, 3.63) is 28.0 Å². The second kappa shape index (κ2) is 8.71. The van der Waals surface area contributed by atoms with Crippen LogP contribution in [-0.4, -0.2) is 46.2 Å². The number of rotatable bonds is 5. The quantitative estimate of drug-likeness (QED) is 0.622. The summed E-state index contributed by atoms with van der Waals surface area (Å²) in [6, 6.07) is -0.197. The average Bonchev–Trinajstić information content (AvgIpc) is 3.05. The number of hydrogen-bond donors (Lipinski definition) is 2. The van der Waals surface area contributed by atoms with Crippen molar-refractivity contribution in [2.24, 2.45) is 22.7 Å². The van der Waals surface area contributed by atoms with Gasteiger partial charge in [0, 0.05) is 35.9 Å². The fraction of sp³-hybridized carbons (Fsp3) is 0.625. The molecule has 2 aliphatic rings. The van der Waals surface area contributed by atoms with Gasteiger partial charge in [0.1, 0.15) is 18.1 Å². The number of likely N-dealkylation sites (tertiary alicyclic amines) is 1. The molecule has 9 heteroatoms. The van der Waals surface area contributed by atoms with E-state index in [4.69, 9.17) is 0 Å². The van der Waals surface area contributed by atoms with Gasteiger partial charge in [0.05, 0.1) is 6.07 Å². The lowest BCUT2D eigenvalue weighted by Gasteiger charge is -2.37. The van der Waals surface area contributed by atoms with Crippen molar-refractivity contribution in [1.82, 2.24) is 20.5 Å². The van der Waals surface area contributed by atoms with Crippen molar-refractivity contribution < 1.29 is 14.4 Å². The summed E-state index contributed by atoms with van der Waals surface area (Å²) in [6.07, 6.45) is 3.21. The Labute approximate surface area is 203 Å². The van der Waals surface area contributed by atoms with Crippen LogP contribution in [0, 0.1) is 40.9 Å². The molecule has 1 aromatic rings. The van der Waals surface area contributed by atoms with Gasteiger partial charge in [-0.3, -0.25) is 19.4 Å². The fourth-order valence-electron chi connectivity index (χ4n) is 5.04. The number of nitrogens with zero attached hydrogens (tertiary/aromatic N) is 3. The normalized spacial score (nSPS) is 24.8. The van der Waals surface area contributed by atoms with Gasteiger partial charge in [-0.05, 0) is 51.1 Å². The molecule has 33 heavy (non-hydrogen) atoms. The highest BCUT2D eigenvalue weighted by molar-refractivity contribution is 9.10. The molecular weight excluding hydrogens is 486 g/mol. The highest BCUT2D eigenvalue weighted by Crippen LogP contribution is 2.65. The SMILES string of the molecule is CC(=O)NC(C(=O)N1C[C@H]2[C@@H]([C@H]1C(=O)NC(C#N)c1cncc(Br)c1C)C2(C)C)C(C)(C)C. The minimum atomic E-state index is -0.894. The number of carbonyl (C=O) groups is 3. The molecule has 1 aromatic heterocycles. The Morgan fingerprint density at radius 3 is 2.45 bits per heavy atom. The molecule has 0 bridgehead atoms. The van der Waals surface area contributed by atoms with Gasteiger partial charge in [0.25, 0.3) is 0 Å². The van der Waals surface area contributed by atoms with Crippen LogP contribution in [0.1, 0.15) is 58.7 Å². The van der Waals surface area contributed by atoms with Gasteiger partial charge in [-0.15, -0.1) is 0 Å². The van der Waals surface area contributed by atoms with E-state index in [2.05, 4.69) is 51.5 Å². The Bertz CT molecular complexity index is 1030. The molecule has 0 aromatic carbocycles. The first-order valence-electron chi connectivity index (χ1n) is 11.1. The Hall–Kier alpha value is -2.47. The summed E-state index contributed by atoms with van der Waals surface area (Å²) in [7, 11) is 0. The van der Waals surface area contributed by atoms with Gasteiger partial charge in [0.2, 0.25) is 17.7 Å². The van der Waals surface area contributed by atoms with Crippen molar-refractivity contribution >= 4 is 33.7 Å². The molecule has 1 saturated carbocycles. The number of aromatic nitrogens is 1. The second-order valence-corrected chi connectivity index (χ2v) is 11.6. The van der Waals surface area contributed by atoms with Crippen LogP contribution in [0.25, 0.3) is 0 Å². The zero-order chi connectivity index (χ0) is 24.9. The van der Waals surface area contributed by atoms with Crippen LogP contribution in [0.4, 0.5) is 0 Å². The van der Waals surface area contributed by atoms with E-state index in [0.717, 1.165) is 10.0 Å². The molecule has 3 rings (SSSR count). The molecule has 1 aliphatic heterocycles. The Balaban J connectivity index is 1.90. The molecule has 1 saturated heterocycles. The number of halogens is 1. The van der Waals surface area contributed by atoms with Gasteiger partial charge in [0.15, 0.2) is 0 Å². The van der Waals surface area contributed by atoms with Crippen molar-refractivity contribution in [2.75, 3.05) is 6.54 Å². The van der Waals surface area contributed by atoms with Crippen LogP contribution < -0.4 is 10.6 Å². The van der Waals surface area contributed by atoms with Gasteiger partial charge >= 0.3 is 0 Å². The number of hydrogen-bond acceptors (Lipinski definition) is 5. The van der Waals surface area contributed by atoms with E-state index >= 15 is 0 Å². The zero-order valence-electron chi connectivity index (χ0n) is 20.2. The van der Waals surface area contributed by atoms with Gasteiger partial charge < -0.3 is 15.5 Å². The maximum absolute atomic E-state index is 13.6. The molecule has 178 valence electrons. The maximum Gasteiger partial charge on any atom is 0.246 e. The summed E-state index contributed by atoms with van der Waals surface area (Å²) in [5, 5.41) is 15.4. The van der Waals surface area contributed by atoms with Crippen molar-refractivity contribution in [3.8, 4) is 6.07 Å². The van der Waals surface area contributed by atoms with E-state index in [0.29, 0.717) is 12.1 Å². The lowest BCUT2D eigenvalue weighted by molar-refractivity contribution is -0.145. The van der Waals surface area contributed by atoms with Gasteiger partial charge in [-0.2, -0.15) is 5.26 Å². The summed E-state index contributed by atoms with van der Waals surface area (Å²) in [5.74, 6) is -0.723. The smallest absolute Gasteiger partial charge is 0.246 e. The molecule has 5 atom stereocenters. The summed E-state index contributed by atoms with van der Waals surface area (Å²) in [6.45, 7) is 13.5. The van der Waals surface area contributed by atoms with E-state index in [1.807, 2.05) is 27.7 Å². The first-order valence-corrected chi connectivity index (χ1v) is 11.9. The third-order valence-electron chi connectivity index (χ3n) is 7.14. The summed E-state index contributed by atoms with van der Waals surface area (Å²) < 4.78 is 0.749. The molecule has 0 spiro atoms. The average molecular weight is 518 g/mol. The number of nitrogens with one attached hydrogen (secondary N) is 2. The number of fused-ring (bicyclic) bond motifs is 1. The van der Waals surface area contributed by atoms with Gasteiger partial charge in [-0.1, -0.05) is 34.6 Å². The lowest BCUT2D eigenvalue weighted by Crippen LogP contribution is -2.59. The van der Waals surface area contributed by atoms with Crippen LogP contribution in [-0.2, 0) is 14.4 Å². The number of piperidine rings is 1. The number of carbonyl (C=O) groups excluding carboxylic acids is 3. The van der Waals surface area contributed by atoms with E-state index in [-0.39, 0.29) is 35.0 Å². The Kier molecular flexibility index (Phi) is 6.64. The van der Waals surface area contributed by atoms with Crippen LogP contribution in [0.15, 0.2) is 16.9 Å². The first kappa shape index (κ1) is 25.2. The standard InChI is InChI=1S/C24H32BrN5O3/c1-12-14(9-27-10-16(12)25)17(8-26)29-21(32)19-18-15(24(18,6)7)11-30(19)22(33)20(23(3,4)5)28-13(2)31/h9-10,15,17-20H,11H2,1-7H3,(H,28,31)(H,29,32)/t15-,17?,18-,19-,20?/m0/s1. The summed E-state index contributed by atoms with van der Waals surface area (Å²) in [4.78, 5) is 44.7. The predicted octanol–water partition coefficient (Wildman–Crippen LogP) is 2.87. The fourth-order valence-corrected chi connectivity index (χ4v) is 5.39. The molecule has 2 heterocycles. The number of nitriles is 1. The lowest BCUT2D eigenvalue weighted by atomic mass is 9.85. The van der Waals surface area contributed by atoms with E-state index in [1.54, 1.807) is 17.3 Å². The maximum atomic E-state index is 13.6. The third-order valence-corrected chi connectivity index (χ3v) is 7.94. The molecule has 2 unspecified atom stereocenters. The van der Waals surface area contributed by atoms with Crippen LogP contribution in [0.3, 0.4) is 0 Å². The molecule has 2 N–H and O–H groups in total. The summed E-state index contributed by atoms with van der Waals surface area (Å²) in [5.41, 5.74) is 0.826. The van der Waals surface area contributed by atoms with Crippen LogP contribution in [0.2, 0.25) is 0 Å². The summed E-state index contributed by atoms with van der Waals surface area (Å²) >= 11 is 3.42. The van der Waals surface area contributed by atoms with Crippen LogP contribution >= 0.6 is 15.9 Å².